The second-order valence-electron chi connectivity index (χ2n) is 2.98. The van der Waals surface area contributed by atoms with Gasteiger partial charge in [-0.05, 0) is 28.8 Å². The van der Waals surface area contributed by atoms with Crippen molar-refractivity contribution in [1.82, 2.24) is 4.98 Å². The largest absolute Gasteiger partial charge is 0.393 e. The van der Waals surface area contributed by atoms with Crippen molar-refractivity contribution in [2.24, 2.45) is 5.92 Å². The standard InChI is InChI=1S/C8H12BrNOS/c1-5(6(2)11)3-8-10-4-7(9)12-8/h4-6,11H,3H2,1-2H3. The lowest BCUT2D eigenvalue weighted by Crippen LogP contribution is -2.15. The van der Waals surface area contributed by atoms with Gasteiger partial charge in [-0.1, -0.05) is 6.92 Å². The van der Waals surface area contributed by atoms with Crippen LogP contribution in [0.5, 0.6) is 0 Å². The van der Waals surface area contributed by atoms with Crippen molar-refractivity contribution in [1.29, 1.82) is 0 Å². The zero-order valence-corrected chi connectivity index (χ0v) is 9.52. The monoisotopic (exact) mass is 249 g/mol. The summed E-state index contributed by atoms with van der Waals surface area (Å²) in [5.74, 6) is 0.281. The molecule has 0 aliphatic rings. The van der Waals surface area contributed by atoms with Gasteiger partial charge in [0.1, 0.15) is 0 Å². The smallest absolute Gasteiger partial charge is 0.0940 e. The summed E-state index contributed by atoms with van der Waals surface area (Å²) in [5, 5.41) is 10.3. The predicted octanol–water partition coefficient (Wildman–Crippen LogP) is 2.47. The summed E-state index contributed by atoms with van der Waals surface area (Å²) in [6, 6.07) is 0. The van der Waals surface area contributed by atoms with Gasteiger partial charge in [-0.25, -0.2) is 4.98 Å². The van der Waals surface area contributed by atoms with Crippen LogP contribution in [0.3, 0.4) is 0 Å². The van der Waals surface area contributed by atoms with E-state index in [1.807, 2.05) is 13.8 Å². The van der Waals surface area contributed by atoms with Crippen LogP contribution in [-0.4, -0.2) is 16.2 Å². The molecule has 1 heterocycles. The lowest BCUT2D eigenvalue weighted by atomic mass is 10.0. The fourth-order valence-corrected chi connectivity index (χ4v) is 2.27. The maximum atomic E-state index is 9.25. The van der Waals surface area contributed by atoms with E-state index >= 15 is 0 Å². The van der Waals surface area contributed by atoms with Gasteiger partial charge in [0.25, 0.3) is 0 Å². The van der Waals surface area contributed by atoms with Gasteiger partial charge >= 0.3 is 0 Å². The molecule has 0 saturated heterocycles. The van der Waals surface area contributed by atoms with Crippen LogP contribution in [-0.2, 0) is 6.42 Å². The molecule has 0 aromatic carbocycles. The van der Waals surface area contributed by atoms with E-state index in [0.717, 1.165) is 15.2 Å². The van der Waals surface area contributed by atoms with Gasteiger partial charge in [-0.15, -0.1) is 11.3 Å². The highest BCUT2D eigenvalue weighted by Crippen LogP contribution is 2.22. The Labute approximate surface area is 84.8 Å². The Morgan fingerprint density at radius 2 is 2.33 bits per heavy atom. The minimum absolute atomic E-state index is 0.257. The van der Waals surface area contributed by atoms with E-state index in [9.17, 15) is 5.11 Å². The molecule has 1 aromatic heterocycles. The van der Waals surface area contributed by atoms with Crippen LogP contribution in [0.1, 0.15) is 18.9 Å². The highest BCUT2D eigenvalue weighted by atomic mass is 79.9. The topological polar surface area (TPSA) is 33.1 Å². The highest BCUT2D eigenvalue weighted by molar-refractivity contribution is 9.11. The molecule has 68 valence electrons. The van der Waals surface area contributed by atoms with Crippen molar-refractivity contribution >= 4 is 27.3 Å². The van der Waals surface area contributed by atoms with E-state index in [4.69, 9.17) is 0 Å². The van der Waals surface area contributed by atoms with Gasteiger partial charge in [0.15, 0.2) is 0 Å². The molecule has 0 saturated carbocycles. The van der Waals surface area contributed by atoms with Crippen LogP contribution < -0.4 is 0 Å². The van der Waals surface area contributed by atoms with Gasteiger partial charge in [-0.2, -0.15) is 0 Å². The number of rotatable bonds is 3. The first kappa shape index (κ1) is 10.2. The molecule has 2 unspecified atom stereocenters. The molecule has 1 aromatic rings. The molecule has 0 spiro atoms. The molecule has 0 amide bonds. The molecule has 2 nitrogen and oxygen atoms in total. The molecular weight excluding hydrogens is 238 g/mol. The quantitative estimate of drug-likeness (QED) is 0.893. The van der Waals surface area contributed by atoms with Crippen molar-refractivity contribution in [3.8, 4) is 0 Å². The maximum Gasteiger partial charge on any atom is 0.0940 e. The van der Waals surface area contributed by atoms with Crippen molar-refractivity contribution in [2.75, 3.05) is 0 Å². The Hall–Kier alpha value is 0.0700. The summed E-state index contributed by atoms with van der Waals surface area (Å²) in [4.78, 5) is 4.20. The SMILES string of the molecule is CC(O)C(C)Cc1ncc(Br)s1. The summed E-state index contributed by atoms with van der Waals surface area (Å²) < 4.78 is 1.05. The van der Waals surface area contributed by atoms with Gasteiger partial charge in [0.05, 0.1) is 21.1 Å². The van der Waals surface area contributed by atoms with Crippen molar-refractivity contribution < 1.29 is 5.11 Å². The Morgan fingerprint density at radius 3 is 2.75 bits per heavy atom. The average Bonchev–Trinajstić information content (AvgIpc) is 2.35. The number of aliphatic hydroxyl groups excluding tert-OH is 1. The molecule has 12 heavy (non-hydrogen) atoms. The van der Waals surface area contributed by atoms with Crippen LogP contribution in [0.4, 0.5) is 0 Å². The Bertz CT molecular complexity index is 249. The summed E-state index contributed by atoms with van der Waals surface area (Å²) >= 11 is 4.98. The molecule has 4 heteroatoms. The molecule has 0 radical (unpaired) electrons. The highest BCUT2D eigenvalue weighted by Gasteiger charge is 2.11. The lowest BCUT2D eigenvalue weighted by molar-refractivity contribution is 0.135. The zero-order valence-electron chi connectivity index (χ0n) is 7.12. The van der Waals surface area contributed by atoms with E-state index in [1.54, 1.807) is 17.5 Å². The van der Waals surface area contributed by atoms with Crippen LogP contribution in [0.2, 0.25) is 0 Å². The van der Waals surface area contributed by atoms with Gasteiger partial charge in [-0.3, -0.25) is 0 Å². The molecule has 1 rings (SSSR count). The van der Waals surface area contributed by atoms with Gasteiger partial charge in [0, 0.05) is 6.42 Å². The van der Waals surface area contributed by atoms with Crippen LogP contribution in [0.25, 0.3) is 0 Å². The van der Waals surface area contributed by atoms with E-state index in [2.05, 4.69) is 20.9 Å². The van der Waals surface area contributed by atoms with E-state index in [1.165, 1.54) is 0 Å². The van der Waals surface area contributed by atoms with E-state index < -0.39 is 0 Å². The molecule has 2 atom stereocenters. The first-order valence-corrected chi connectivity index (χ1v) is 5.49. The second kappa shape index (κ2) is 4.35. The Morgan fingerprint density at radius 1 is 1.67 bits per heavy atom. The van der Waals surface area contributed by atoms with Gasteiger partial charge < -0.3 is 5.11 Å². The molecule has 0 aliphatic carbocycles. The van der Waals surface area contributed by atoms with Crippen molar-refractivity contribution in [3.63, 3.8) is 0 Å². The number of thiazole rings is 1. The number of nitrogens with zero attached hydrogens (tertiary/aromatic N) is 1. The molecule has 0 aliphatic heterocycles. The molecule has 1 N–H and O–H groups in total. The second-order valence-corrected chi connectivity index (χ2v) is 5.47. The first-order valence-electron chi connectivity index (χ1n) is 3.88. The third-order valence-electron chi connectivity index (χ3n) is 1.85. The average molecular weight is 250 g/mol. The summed E-state index contributed by atoms with van der Waals surface area (Å²) in [7, 11) is 0. The molecular formula is C8H12BrNOS. The zero-order chi connectivity index (χ0) is 9.14. The minimum atomic E-state index is -0.257. The number of halogens is 1. The summed E-state index contributed by atoms with van der Waals surface area (Å²) in [6.07, 6.45) is 2.40. The van der Waals surface area contributed by atoms with Gasteiger partial charge in [0.2, 0.25) is 0 Å². The number of aromatic nitrogens is 1. The number of hydrogen-bond acceptors (Lipinski definition) is 3. The fourth-order valence-electron chi connectivity index (χ4n) is 0.828. The van der Waals surface area contributed by atoms with Crippen LogP contribution >= 0.6 is 27.3 Å². The van der Waals surface area contributed by atoms with Crippen LogP contribution in [0, 0.1) is 5.92 Å². The molecule has 0 fully saturated rings. The van der Waals surface area contributed by atoms with Crippen molar-refractivity contribution in [3.05, 3.63) is 15.0 Å². The number of aliphatic hydroxyl groups is 1. The maximum absolute atomic E-state index is 9.25. The Kier molecular flexibility index (Phi) is 3.68. The predicted molar refractivity (Wildman–Crippen MR) is 54.4 cm³/mol. The third-order valence-corrected chi connectivity index (χ3v) is 3.34. The summed E-state index contributed by atoms with van der Waals surface area (Å²) in [5.41, 5.74) is 0. The molecule has 0 bridgehead atoms. The third kappa shape index (κ3) is 2.84. The lowest BCUT2D eigenvalue weighted by Gasteiger charge is -2.11. The fraction of sp³-hybridized carbons (Fsp3) is 0.625. The normalized spacial score (nSPS) is 16.0. The number of hydrogen-bond donors (Lipinski definition) is 1. The Balaban J connectivity index is 2.52. The van der Waals surface area contributed by atoms with Crippen molar-refractivity contribution in [2.45, 2.75) is 26.4 Å². The van der Waals surface area contributed by atoms with Crippen LogP contribution in [0.15, 0.2) is 9.98 Å². The van der Waals surface area contributed by atoms with E-state index in [-0.39, 0.29) is 12.0 Å². The minimum Gasteiger partial charge on any atom is -0.393 e. The summed E-state index contributed by atoms with van der Waals surface area (Å²) in [6.45, 7) is 3.84. The first-order chi connectivity index (χ1) is 5.59. The van der Waals surface area contributed by atoms with E-state index in [0.29, 0.717) is 0 Å².